The molecule has 0 aliphatic heterocycles. The molecule has 5 nitrogen and oxygen atoms in total. The Hall–Kier alpha value is -0.920. The van der Waals surface area contributed by atoms with E-state index in [9.17, 15) is 9.59 Å². The summed E-state index contributed by atoms with van der Waals surface area (Å²) in [6.45, 7) is 0.357. The summed E-state index contributed by atoms with van der Waals surface area (Å²) in [5.41, 5.74) is 0. The van der Waals surface area contributed by atoms with Gasteiger partial charge in [0.25, 0.3) is 0 Å². The molecule has 1 aromatic heterocycles. The van der Waals surface area contributed by atoms with Crippen LogP contribution in [0.1, 0.15) is 11.3 Å². The van der Waals surface area contributed by atoms with Gasteiger partial charge < -0.3 is 14.7 Å². The van der Waals surface area contributed by atoms with Crippen molar-refractivity contribution in [2.75, 3.05) is 26.8 Å². The summed E-state index contributed by atoms with van der Waals surface area (Å²) in [6, 6.07) is 1.97. The highest BCUT2D eigenvalue weighted by Gasteiger charge is 2.16. The molecule has 0 saturated heterocycles. The fourth-order valence-corrected chi connectivity index (χ4v) is 2.98. The number of nitrogens with zero attached hydrogens (tertiary/aromatic N) is 1. The van der Waals surface area contributed by atoms with Gasteiger partial charge in [-0.1, -0.05) is 0 Å². The molecule has 0 bridgehead atoms. The highest BCUT2D eigenvalue weighted by molar-refractivity contribution is 9.10. The Balaban J connectivity index is 2.48. The average molecular weight is 350 g/mol. The molecule has 0 aliphatic carbocycles. The number of methoxy groups -OCH3 is 1. The van der Waals surface area contributed by atoms with E-state index in [1.54, 1.807) is 11.3 Å². The molecule has 0 aromatic carbocycles. The first-order chi connectivity index (χ1) is 9.02. The van der Waals surface area contributed by atoms with Crippen LogP contribution in [0, 0.1) is 0 Å². The first-order valence-corrected chi connectivity index (χ1v) is 7.41. The van der Waals surface area contributed by atoms with Crippen molar-refractivity contribution in [2.45, 2.75) is 12.8 Å². The monoisotopic (exact) mass is 349 g/mol. The van der Waals surface area contributed by atoms with E-state index in [1.807, 2.05) is 11.4 Å². The molecule has 0 aliphatic rings. The highest BCUT2D eigenvalue weighted by atomic mass is 79.9. The molecule has 19 heavy (non-hydrogen) atoms. The second-order valence-electron chi connectivity index (χ2n) is 3.93. The van der Waals surface area contributed by atoms with Crippen molar-refractivity contribution in [1.29, 1.82) is 0 Å². The van der Waals surface area contributed by atoms with Crippen LogP contribution in [0.3, 0.4) is 0 Å². The molecule has 1 N–H and O–H groups in total. The number of amides is 1. The minimum atomic E-state index is -1.01. The summed E-state index contributed by atoms with van der Waals surface area (Å²) < 4.78 is 5.88. The Morgan fingerprint density at radius 2 is 2.26 bits per heavy atom. The highest BCUT2D eigenvalue weighted by Crippen LogP contribution is 2.21. The van der Waals surface area contributed by atoms with Crippen molar-refractivity contribution in [3.63, 3.8) is 0 Å². The number of carbonyl (C=O) groups is 2. The molecular weight excluding hydrogens is 334 g/mol. The van der Waals surface area contributed by atoms with Gasteiger partial charge in [-0.05, 0) is 28.4 Å². The minimum absolute atomic E-state index is 0.163. The quantitative estimate of drug-likeness (QED) is 0.779. The third-order valence-corrected chi connectivity index (χ3v) is 4.21. The topological polar surface area (TPSA) is 66.8 Å². The number of hydrogen-bond acceptors (Lipinski definition) is 4. The van der Waals surface area contributed by atoms with Gasteiger partial charge in [-0.25, -0.2) is 0 Å². The summed E-state index contributed by atoms with van der Waals surface area (Å²) in [6.07, 6.45) is 0.933. The standard InChI is InChI=1S/C12H16BrNO4S/c1-18-5-4-14(7-12(16)17)11(15)3-2-10-6-9(13)8-19-10/h6,8H,2-5,7H2,1H3,(H,16,17). The van der Waals surface area contributed by atoms with Crippen molar-refractivity contribution < 1.29 is 19.4 Å². The van der Waals surface area contributed by atoms with Gasteiger partial charge in [-0.2, -0.15) is 0 Å². The molecular formula is C12H16BrNO4S. The number of halogens is 1. The van der Waals surface area contributed by atoms with Crippen molar-refractivity contribution in [3.05, 3.63) is 20.8 Å². The van der Waals surface area contributed by atoms with Gasteiger partial charge in [0, 0.05) is 34.8 Å². The zero-order chi connectivity index (χ0) is 14.3. The van der Waals surface area contributed by atoms with Crippen LogP contribution in [0.4, 0.5) is 0 Å². The number of ether oxygens (including phenoxy) is 1. The maximum atomic E-state index is 12.0. The molecule has 0 spiro atoms. The van der Waals surface area contributed by atoms with Gasteiger partial charge in [0.2, 0.25) is 5.91 Å². The molecule has 0 fully saturated rings. The lowest BCUT2D eigenvalue weighted by atomic mass is 10.2. The van der Waals surface area contributed by atoms with Crippen LogP contribution >= 0.6 is 27.3 Å². The zero-order valence-electron chi connectivity index (χ0n) is 10.6. The molecule has 1 rings (SSSR count). The van der Waals surface area contributed by atoms with E-state index in [1.165, 1.54) is 12.0 Å². The van der Waals surface area contributed by atoms with E-state index in [-0.39, 0.29) is 12.5 Å². The smallest absolute Gasteiger partial charge is 0.323 e. The van der Waals surface area contributed by atoms with Gasteiger partial charge in [-0.15, -0.1) is 11.3 Å². The minimum Gasteiger partial charge on any atom is -0.480 e. The Morgan fingerprint density at radius 3 is 2.79 bits per heavy atom. The summed E-state index contributed by atoms with van der Waals surface area (Å²) in [5, 5.41) is 10.7. The van der Waals surface area contributed by atoms with E-state index in [2.05, 4.69) is 15.9 Å². The maximum Gasteiger partial charge on any atom is 0.323 e. The van der Waals surface area contributed by atoms with Gasteiger partial charge >= 0.3 is 5.97 Å². The lowest BCUT2D eigenvalue weighted by Crippen LogP contribution is -2.38. The van der Waals surface area contributed by atoms with Crippen LogP contribution < -0.4 is 0 Å². The Morgan fingerprint density at radius 1 is 1.53 bits per heavy atom. The van der Waals surface area contributed by atoms with Crippen molar-refractivity contribution in [1.82, 2.24) is 4.90 Å². The van der Waals surface area contributed by atoms with Gasteiger partial charge in [0.1, 0.15) is 6.54 Å². The largest absolute Gasteiger partial charge is 0.480 e. The number of carboxylic acid groups (broad SMARTS) is 1. The Bertz CT molecular complexity index is 435. The molecule has 7 heteroatoms. The van der Waals surface area contributed by atoms with E-state index < -0.39 is 5.97 Å². The number of aryl methyl sites for hydroxylation is 1. The Kier molecular flexibility index (Phi) is 7.04. The van der Waals surface area contributed by atoms with Crippen LogP contribution in [-0.4, -0.2) is 48.7 Å². The van der Waals surface area contributed by atoms with Gasteiger partial charge in [-0.3, -0.25) is 9.59 Å². The summed E-state index contributed by atoms with van der Waals surface area (Å²) >= 11 is 4.93. The summed E-state index contributed by atoms with van der Waals surface area (Å²) in [7, 11) is 1.52. The second kappa shape index (κ2) is 8.29. The first-order valence-electron chi connectivity index (χ1n) is 5.74. The van der Waals surface area contributed by atoms with Crippen LogP contribution in [0.15, 0.2) is 15.9 Å². The number of carbonyl (C=O) groups excluding carboxylic acids is 1. The predicted octanol–water partition coefficient (Wildman–Crippen LogP) is 2.00. The van der Waals surface area contributed by atoms with E-state index in [4.69, 9.17) is 9.84 Å². The fraction of sp³-hybridized carbons (Fsp3) is 0.500. The van der Waals surface area contributed by atoms with E-state index in [0.29, 0.717) is 26.0 Å². The molecule has 0 unspecified atom stereocenters. The summed E-state index contributed by atoms with van der Waals surface area (Å²) in [4.78, 5) is 25.1. The number of thiophene rings is 1. The zero-order valence-corrected chi connectivity index (χ0v) is 13.0. The molecule has 1 aromatic rings. The van der Waals surface area contributed by atoms with Crippen LogP contribution in [0.5, 0.6) is 0 Å². The summed E-state index contributed by atoms with van der Waals surface area (Å²) in [5.74, 6) is -1.17. The van der Waals surface area contributed by atoms with Crippen molar-refractivity contribution in [2.24, 2.45) is 0 Å². The third-order valence-electron chi connectivity index (χ3n) is 2.45. The predicted molar refractivity (Wildman–Crippen MR) is 76.4 cm³/mol. The van der Waals surface area contributed by atoms with E-state index in [0.717, 1.165) is 9.35 Å². The van der Waals surface area contributed by atoms with Gasteiger partial charge in [0.05, 0.1) is 6.61 Å². The molecule has 0 atom stereocenters. The van der Waals surface area contributed by atoms with Crippen LogP contribution in [0.2, 0.25) is 0 Å². The number of rotatable bonds is 8. The third kappa shape index (κ3) is 6.17. The van der Waals surface area contributed by atoms with Crippen LogP contribution in [-0.2, 0) is 20.7 Å². The van der Waals surface area contributed by atoms with Gasteiger partial charge in [0.15, 0.2) is 0 Å². The first kappa shape index (κ1) is 16.1. The average Bonchev–Trinajstić information content (AvgIpc) is 2.77. The number of carboxylic acids is 1. The molecule has 1 amide bonds. The normalized spacial score (nSPS) is 10.4. The Labute approximate surface area is 124 Å². The SMILES string of the molecule is COCCN(CC(=O)O)C(=O)CCc1cc(Br)cs1. The van der Waals surface area contributed by atoms with Crippen molar-refractivity contribution >= 4 is 39.1 Å². The lowest BCUT2D eigenvalue weighted by Gasteiger charge is -2.20. The lowest BCUT2D eigenvalue weighted by molar-refractivity contribution is -0.144. The number of hydrogen-bond donors (Lipinski definition) is 1. The number of aliphatic carboxylic acids is 1. The fourth-order valence-electron chi connectivity index (χ4n) is 1.53. The molecule has 0 radical (unpaired) electrons. The molecule has 106 valence electrons. The molecule has 0 saturated carbocycles. The molecule has 1 heterocycles. The van der Waals surface area contributed by atoms with E-state index >= 15 is 0 Å². The maximum absolute atomic E-state index is 12.0. The second-order valence-corrected chi connectivity index (χ2v) is 5.84. The van der Waals surface area contributed by atoms with Crippen molar-refractivity contribution in [3.8, 4) is 0 Å². The van der Waals surface area contributed by atoms with Crippen LogP contribution in [0.25, 0.3) is 0 Å².